The summed E-state index contributed by atoms with van der Waals surface area (Å²) in [7, 11) is 1.72. The van der Waals surface area contributed by atoms with Crippen LogP contribution < -0.4 is 5.32 Å². The van der Waals surface area contributed by atoms with E-state index in [2.05, 4.69) is 5.32 Å². The number of esters is 1. The molecular weight excluding hydrogens is 118 g/mol. The van der Waals surface area contributed by atoms with Gasteiger partial charge in [0.25, 0.3) is 0 Å². The number of nitrogens with one attached hydrogen (secondary N) is 1. The quantitative estimate of drug-likeness (QED) is 0.554. The van der Waals surface area contributed by atoms with Crippen molar-refractivity contribution in [2.24, 2.45) is 0 Å². The van der Waals surface area contributed by atoms with E-state index in [1.165, 1.54) is 0 Å². The van der Waals surface area contributed by atoms with Gasteiger partial charge in [-0.05, 0) is 20.9 Å². The first-order valence-electron chi connectivity index (χ1n) is 3.06. The van der Waals surface area contributed by atoms with Gasteiger partial charge in [-0.3, -0.25) is 4.79 Å². The van der Waals surface area contributed by atoms with Crippen LogP contribution in [-0.2, 0) is 9.53 Å². The lowest BCUT2D eigenvalue weighted by atomic mass is 10.3. The Bertz CT molecular complexity index is 93.1. The highest BCUT2D eigenvalue weighted by Gasteiger charge is 2.09. The highest BCUT2D eigenvalue weighted by molar-refractivity contribution is 5.75. The third kappa shape index (κ3) is 3.08. The maximum absolute atomic E-state index is 10.7. The van der Waals surface area contributed by atoms with Crippen LogP contribution in [0, 0.1) is 0 Å². The zero-order valence-electron chi connectivity index (χ0n) is 6.10. The molecule has 0 fully saturated rings. The lowest BCUT2D eigenvalue weighted by molar-refractivity contribution is -0.144. The summed E-state index contributed by atoms with van der Waals surface area (Å²) >= 11 is 0. The summed E-state index contributed by atoms with van der Waals surface area (Å²) in [6.45, 7) is 4.00. The smallest absolute Gasteiger partial charge is 0.322 e. The molecule has 1 atom stereocenters. The fourth-order valence-corrected chi connectivity index (χ4v) is 0.385. The van der Waals surface area contributed by atoms with E-state index in [-0.39, 0.29) is 12.0 Å². The van der Waals surface area contributed by atoms with E-state index in [1.54, 1.807) is 20.9 Å². The second kappa shape index (κ2) is 4.32. The monoisotopic (exact) mass is 131 g/mol. The molecule has 0 saturated carbocycles. The zero-order chi connectivity index (χ0) is 7.28. The number of hydrogen-bond acceptors (Lipinski definition) is 3. The topological polar surface area (TPSA) is 38.3 Å². The molecule has 0 aromatic rings. The lowest BCUT2D eigenvalue weighted by Crippen LogP contribution is -2.32. The minimum absolute atomic E-state index is 0.190. The third-order valence-corrected chi connectivity index (χ3v) is 1.07. The van der Waals surface area contributed by atoms with Crippen LogP contribution in [0.3, 0.4) is 0 Å². The largest absolute Gasteiger partial charge is 0.465 e. The zero-order valence-corrected chi connectivity index (χ0v) is 6.10. The van der Waals surface area contributed by atoms with Gasteiger partial charge in [0, 0.05) is 0 Å². The minimum Gasteiger partial charge on any atom is -0.465 e. The van der Waals surface area contributed by atoms with Gasteiger partial charge in [-0.2, -0.15) is 0 Å². The highest BCUT2D eigenvalue weighted by atomic mass is 16.5. The first kappa shape index (κ1) is 8.43. The van der Waals surface area contributed by atoms with Gasteiger partial charge in [0.2, 0.25) is 0 Å². The molecular formula is C6H13NO2. The molecule has 0 aliphatic rings. The van der Waals surface area contributed by atoms with Gasteiger partial charge in [-0.1, -0.05) is 0 Å². The van der Waals surface area contributed by atoms with Gasteiger partial charge in [0.05, 0.1) is 6.61 Å². The lowest BCUT2D eigenvalue weighted by Gasteiger charge is -2.07. The van der Waals surface area contributed by atoms with E-state index in [9.17, 15) is 4.79 Å². The average molecular weight is 131 g/mol. The predicted molar refractivity (Wildman–Crippen MR) is 35.2 cm³/mol. The number of hydrogen-bond donors (Lipinski definition) is 1. The molecule has 1 unspecified atom stereocenters. The van der Waals surface area contributed by atoms with Crippen LogP contribution in [0.5, 0.6) is 0 Å². The van der Waals surface area contributed by atoms with Crippen molar-refractivity contribution in [1.82, 2.24) is 5.32 Å². The summed E-state index contributed by atoms with van der Waals surface area (Å²) < 4.78 is 4.69. The van der Waals surface area contributed by atoms with Crippen LogP contribution in [0.1, 0.15) is 13.8 Å². The molecule has 1 N–H and O–H groups in total. The molecule has 0 radical (unpaired) electrons. The Balaban J connectivity index is 3.46. The molecule has 0 rings (SSSR count). The van der Waals surface area contributed by atoms with Crippen molar-refractivity contribution in [2.75, 3.05) is 13.7 Å². The van der Waals surface area contributed by atoms with E-state index in [4.69, 9.17) is 4.74 Å². The van der Waals surface area contributed by atoms with E-state index in [0.717, 1.165) is 0 Å². The Hall–Kier alpha value is -0.570. The molecule has 3 nitrogen and oxygen atoms in total. The van der Waals surface area contributed by atoms with Gasteiger partial charge < -0.3 is 10.1 Å². The standard InChI is InChI=1S/C6H13NO2/c1-4-9-6(8)5(2)7-3/h5,7H,4H2,1-3H3. The van der Waals surface area contributed by atoms with Crippen LogP contribution in [0.4, 0.5) is 0 Å². The number of rotatable bonds is 3. The fourth-order valence-electron chi connectivity index (χ4n) is 0.385. The van der Waals surface area contributed by atoms with Crippen molar-refractivity contribution in [2.45, 2.75) is 19.9 Å². The summed E-state index contributed by atoms with van der Waals surface area (Å²) in [5.74, 6) is -0.194. The maximum Gasteiger partial charge on any atom is 0.322 e. The van der Waals surface area contributed by atoms with Gasteiger partial charge in [-0.15, -0.1) is 0 Å². The summed E-state index contributed by atoms with van der Waals surface area (Å²) in [4.78, 5) is 10.7. The molecule has 0 bridgehead atoms. The van der Waals surface area contributed by atoms with E-state index < -0.39 is 0 Å². The van der Waals surface area contributed by atoms with Gasteiger partial charge in [0.15, 0.2) is 0 Å². The molecule has 9 heavy (non-hydrogen) atoms. The summed E-state index contributed by atoms with van der Waals surface area (Å²) in [6, 6.07) is -0.190. The Kier molecular flexibility index (Phi) is 4.05. The first-order valence-corrected chi connectivity index (χ1v) is 3.06. The van der Waals surface area contributed by atoms with Gasteiger partial charge >= 0.3 is 5.97 Å². The number of likely N-dealkylation sites (N-methyl/N-ethyl adjacent to an activating group) is 1. The second-order valence-electron chi connectivity index (χ2n) is 1.76. The van der Waals surface area contributed by atoms with E-state index in [1.807, 2.05) is 0 Å². The first-order chi connectivity index (χ1) is 4.22. The van der Waals surface area contributed by atoms with E-state index >= 15 is 0 Å². The third-order valence-electron chi connectivity index (χ3n) is 1.07. The van der Waals surface area contributed by atoms with Crippen LogP contribution in [0.2, 0.25) is 0 Å². The molecule has 0 aliphatic heterocycles. The highest BCUT2D eigenvalue weighted by Crippen LogP contribution is 1.84. The normalized spacial score (nSPS) is 12.8. The van der Waals surface area contributed by atoms with E-state index in [0.29, 0.717) is 6.61 Å². The van der Waals surface area contributed by atoms with Crippen LogP contribution >= 0.6 is 0 Å². The van der Waals surface area contributed by atoms with Crippen molar-refractivity contribution >= 4 is 5.97 Å². The summed E-state index contributed by atoms with van der Waals surface area (Å²) in [5, 5.41) is 2.77. The Morgan fingerprint density at radius 1 is 1.78 bits per heavy atom. The average Bonchev–Trinajstić information content (AvgIpc) is 1.87. The van der Waals surface area contributed by atoms with Crippen molar-refractivity contribution in [1.29, 1.82) is 0 Å². The fraction of sp³-hybridized carbons (Fsp3) is 0.833. The Morgan fingerprint density at radius 2 is 2.33 bits per heavy atom. The molecule has 0 amide bonds. The van der Waals surface area contributed by atoms with Crippen LogP contribution in [-0.4, -0.2) is 25.7 Å². The number of carbonyl (C=O) groups excluding carboxylic acids is 1. The van der Waals surface area contributed by atoms with Gasteiger partial charge in [0.1, 0.15) is 6.04 Å². The van der Waals surface area contributed by atoms with Crippen LogP contribution in [0.15, 0.2) is 0 Å². The number of carbonyl (C=O) groups is 1. The predicted octanol–water partition coefficient (Wildman–Crippen LogP) is 0.157. The summed E-state index contributed by atoms with van der Waals surface area (Å²) in [5.41, 5.74) is 0. The van der Waals surface area contributed by atoms with Crippen molar-refractivity contribution in [3.05, 3.63) is 0 Å². The number of ether oxygens (including phenoxy) is 1. The summed E-state index contributed by atoms with van der Waals surface area (Å²) in [6.07, 6.45) is 0. The molecule has 0 aliphatic carbocycles. The second-order valence-corrected chi connectivity index (χ2v) is 1.76. The molecule has 0 aromatic heterocycles. The SMILES string of the molecule is CCOC(=O)C(C)NC. The van der Waals surface area contributed by atoms with Crippen molar-refractivity contribution in [3.8, 4) is 0 Å². The minimum atomic E-state index is -0.194. The molecule has 0 spiro atoms. The Morgan fingerprint density at radius 3 is 2.67 bits per heavy atom. The van der Waals surface area contributed by atoms with Gasteiger partial charge in [-0.25, -0.2) is 0 Å². The molecule has 54 valence electrons. The Labute approximate surface area is 55.4 Å². The van der Waals surface area contributed by atoms with Crippen LogP contribution in [0.25, 0.3) is 0 Å². The maximum atomic E-state index is 10.7. The van der Waals surface area contributed by atoms with Crippen molar-refractivity contribution in [3.63, 3.8) is 0 Å². The van der Waals surface area contributed by atoms with Crippen molar-refractivity contribution < 1.29 is 9.53 Å². The molecule has 0 heterocycles. The molecule has 3 heteroatoms. The molecule has 0 saturated heterocycles. The molecule has 0 aromatic carbocycles.